The van der Waals surface area contributed by atoms with Crippen molar-refractivity contribution in [3.63, 3.8) is 0 Å². The van der Waals surface area contributed by atoms with E-state index in [0.717, 1.165) is 13.0 Å². The molecule has 0 saturated heterocycles. The molecule has 2 N–H and O–H groups in total. The van der Waals surface area contributed by atoms with Crippen LogP contribution in [-0.2, 0) is 11.2 Å². The number of rotatable bonds is 4. The maximum absolute atomic E-state index is 12.6. The smallest absolute Gasteiger partial charge is 0.325 e. The van der Waals surface area contributed by atoms with E-state index in [1.165, 1.54) is 15.3 Å². The summed E-state index contributed by atoms with van der Waals surface area (Å²) >= 11 is 3.44. The van der Waals surface area contributed by atoms with Crippen molar-refractivity contribution >= 4 is 40.3 Å². The van der Waals surface area contributed by atoms with Crippen LogP contribution in [0.1, 0.15) is 21.4 Å². The Morgan fingerprint density at radius 3 is 2.87 bits per heavy atom. The van der Waals surface area contributed by atoms with E-state index in [4.69, 9.17) is 9.47 Å². The molecule has 0 aliphatic carbocycles. The van der Waals surface area contributed by atoms with E-state index in [1.54, 1.807) is 40.9 Å². The Kier molecular flexibility index (Phi) is 5.16. The summed E-state index contributed by atoms with van der Waals surface area (Å²) in [5.74, 6) is 0.862. The van der Waals surface area contributed by atoms with Crippen molar-refractivity contribution in [1.82, 2.24) is 10.2 Å². The number of amides is 3. The highest BCUT2D eigenvalue weighted by atomic mass is 32.1. The lowest BCUT2D eigenvalue weighted by molar-refractivity contribution is -0.121. The number of urea groups is 1. The standard InChI is InChI=1S/C21H19N3O4S2/c25-19(23-21(26)22-13-3-4-15-16(10-13)28-12-27-15)11-24-7-5-17-14(6-9-30-17)20(24)18-2-1-8-29-18/h1-4,6,8-10,20H,5,7,11-12H2,(H2,22,23,25,26). The summed E-state index contributed by atoms with van der Waals surface area (Å²) in [6.45, 7) is 1.08. The van der Waals surface area contributed by atoms with Crippen LogP contribution in [0.2, 0.25) is 0 Å². The molecule has 2 aliphatic rings. The first-order valence-corrected chi connectivity index (χ1v) is 11.3. The fourth-order valence-electron chi connectivity index (χ4n) is 3.81. The third kappa shape index (κ3) is 3.79. The first kappa shape index (κ1) is 19.1. The topological polar surface area (TPSA) is 79.9 Å². The Labute approximate surface area is 181 Å². The van der Waals surface area contributed by atoms with Crippen LogP contribution < -0.4 is 20.1 Å². The van der Waals surface area contributed by atoms with Gasteiger partial charge in [0.05, 0.1) is 12.6 Å². The second kappa shape index (κ2) is 8.10. The van der Waals surface area contributed by atoms with Gasteiger partial charge in [0.25, 0.3) is 0 Å². The van der Waals surface area contributed by atoms with Crippen molar-refractivity contribution in [3.05, 3.63) is 62.5 Å². The third-order valence-electron chi connectivity index (χ3n) is 5.11. The lowest BCUT2D eigenvalue weighted by Gasteiger charge is -2.34. The molecule has 5 rings (SSSR count). The van der Waals surface area contributed by atoms with E-state index in [9.17, 15) is 9.59 Å². The lowest BCUT2D eigenvalue weighted by atomic mass is 9.98. The number of anilines is 1. The molecule has 30 heavy (non-hydrogen) atoms. The highest BCUT2D eigenvalue weighted by Gasteiger charge is 2.31. The summed E-state index contributed by atoms with van der Waals surface area (Å²) in [7, 11) is 0. The number of benzene rings is 1. The highest BCUT2D eigenvalue weighted by Crippen LogP contribution is 2.39. The highest BCUT2D eigenvalue weighted by molar-refractivity contribution is 7.10. The molecule has 0 fully saturated rings. The van der Waals surface area contributed by atoms with Crippen molar-refractivity contribution in [1.29, 1.82) is 0 Å². The van der Waals surface area contributed by atoms with Gasteiger partial charge in [-0.2, -0.15) is 0 Å². The number of hydrogen-bond donors (Lipinski definition) is 2. The molecule has 4 heterocycles. The van der Waals surface area contributed by atoms with Crippen molar-refractivity contribution in [3.8, 4) is 11.5 Å². The molecule has 3 aromatic rings. The molecule has 154 valence electrons. The van der Waals surface area contributed by atoms with Crippen molar-refractivity contribution in [2.75, 3.05) is 25.2 Å². The molecule has 1 atom stereocenters. The minimum atomic E-state index is -0.570. The van der Waals surface area contributed by atoms with E-state index in [-0.39, 0.29) is 25.3 Å². The van der Waals surface area contributed by atoms with Gasteiger partial charge < -0.3 is 14.8 Å². The lowest BCUT2D eigenvalue weighted by Crippen LogP contribution is -2.45. The van der Waals surface area contributed by atoms with Gasteiger partial charge in [-0.05, 0) is 47.0 Å². The van der Waals surface area contributed by atoms with E-state index in [0.29, 0.717) is 17.2 Å². The number of nitrogens with zero attached hydrogens (tertiary/aromatic N) is 1. The first-order chi connectivity index (χ1) is 14.7. The number of carbonyl (C=O) groups excluding carboxylic acids is 2. The number of thiophene rings is 2. The quantitative estimate of drug-likeness (QED) is 0.643. The van der Waals surface area contributed by atoms with E-state index >= 15 is 0 Å². The molecule has 1 aromatic carbocycles. The summed E-state index contributed by atoms with van der Waals surface area (Å²) in [5, 5.41) is 9.25. The summed E-state index contributed by atoms with van der Waals surface area (Å²) in [6, 6.07) is 10.8. The van der Waals surface area contributed by atoms with Crippen molar-refractivity contribution < 1.29 is 19.1 Å². The monoisotopic (exact) mass is 441 g/mol. The number of imide groups is 1. The van der Waals surface area contributed by atoms with Gasteiger partial charge in [-0.3, -0.25) is 15.0 Å². The van der Waals surface area contributed by atoms with E-state index < -0.39 is 6.03 Å². The number of ether oxygens (including phenoxy) is 2. The zero-order valence-corrected chi connectivity index (χ0v) is 17.6. The number of nitrogens with one attached hydrogen (secondary N) is 2. The Bertz CT molecular complexity index is 1080. The zero-order chi connectivity index (χ0) is 20.5. The van der Waals surface area contributed by atoms with Gasteiger partial charge in [0.15, 0.2) is 11.5 Å². The van der Waals surface area contributed by atoms with Gasteiger partial charge in [0.2, 0.25) is 12.7 Å². The zero-order valence-electron chi connectivity index (χ0n) is 15.9. The van der Waals surface area contributed by atoms with E-state index in [1.807, 2.05) is 11.4 Å². The molecular weight excluding hydrogens is 422 g/mol. The second-order valence-corrected chi connectivity index (χ2v) is 8.99. The Hall–Kier alpha value is -2.88. The third-order valence-corrected chi connectivity index (χ3v) is 7.03. The summed E-state index contributed by atoms with van der Waals surface area (Å²) in [6.07, 6.45) is 0.908. The SMILES string of the molecule is O=C(CN1CCc2sccc2C1c1cccs1)NC(=O)Nc1ccc2c(c1)OCO2. The van der Waals surface area contributed by atoms with Gasteiger partial charge in [-0.25, -0.2) is 4.79 Å². The Morgan fingerprint density at radius 1 is 1.10 bits per heavy atom. The molecule has 2 aliphatic heterocycles. The minimum absolute atomic E-state index is 0.0441. The van der Waals surface area contributed by atoms with Gasteiger partial charge >= 0.3 is 6.03 Å². The summed E-state index contributed by atoms with van der Waals surface area (Å²) < 4.78 is 10.6. The normalized spacial score (nSPS) is 17.4. The van der Waals surface area contributed by atoms with Crippen LogP contribution in [0.3, 0.4) is 0 Å². The molecular formula is C21H19N3O4S2. The van der Waals surface area contributed by atoms with Crippen LogP contribution in [-0.4, -0.2) is 36.7 Å². The fourth-order valence-corrected chi connectivity index (χ4v) is 5.59. The average molecular weight is 442 g/mol. The molecule has 1 unspecified atom stereocenters. The van der Waals surface area contributed by atoms with Gasteiger partial charge in [0, 0.05) is 28.1 Å². The largest absolute Gasteiger partial charge is 0.454 e. The van der Waals surface area contributed by atoms with Crippen molar-refractivity contribution in [2.45, 2.75) is 12.5 Å². The van der Waals surface area contributed by atoms with Crippen LogP contribution in [0.5, 0.6) is 11.5 Å². The summed E-state index contributed by atoms with van der Waals surface area (Å²) in [4.78, 5) is 29.6. The molecule has 3 amide bonds. The maximum Gasteiger partial charge on any atom is 0.325 e. The van der Waals surface area contributed by atoms with Crippen LogP contribution in [0.15, 0.2) is 47.2 Å². The predicted molar refractivity (Wildman–Crippen MR) is 115 cm³/mol. The number of hydrogen-bond acceptors (Lipinski definition) is 7. The van der Waals surface area contributed by atoms with Gasteiger partial charge in [-0.15, -0.1) is 22.7 Å². The van der Waals surface area contributed by atoms with Crippen LogP contribution in [0.25, 0.3) is 0 Å². The molecule has 0 spiro atoms. The van der Waals surface area contributed by atoms with Gasteiger partial charge in [0.1, 0.15) is 0 Å². The predicted octanol–water partition coefficient (Wildman–Crippen LogP) is 3.83. The van der Waals surface area contributed by atoms with Crippen LogP contribution in [0.4, 0.5) is 10.5 Å². The fraction of sp³-hybridized carbons (Fsp3) is 0.238. The minimum Gasteiger partial charge on any atom is -0.454 e. The van der Waals surface area contributed by atoms with Crippen LogP contribution >= 0.6 is 22.7 Å². The van der Waals surface area contributed by atoms with Gasteiger partial charge in [-0.1, -0.05) is 6.07 Å². The Balaban J connectivity index is 1.24. The first-order valence-electron chi connectivity index (χ1n) is 9.51. The molecule has 9 heteroatoms. The maximum atomic E-state index is 12.6. The number of carbonyl (C=O) groups is 2. The average Bonchev–Trinajstić information content (AvgIpc) is 3.48. The molecule has 0 saturated carbocycles. The molecule has 0 radical (unpaired) electrons. The number of fused-ring (bicyclic) bond motifs is 2. The van der Waals surface area contributed by atoms with Crippen LogP contribution in [0, 0.1) is 0 Å². The molecule has 2 aromatic heterocycles. The Morgan fingerprint density at radius 2 is 2.00 bits per heavy atom. The molecule has 7 nitrogen and oxygen atoms in total. The van der Waals surface area contributed by atoms with E-state index in [2.05, 4.69) is 33.0 Å². The summed E-state index contributed by atoms with van der Waals surface area (Å²) in [5.41, 5.74) is 1.79. The second-order valence-electron chi connectivity index (χ2n) is 7.01. The van der Waals surface area contributed by atoms with Crippen molar-refractivity contribution in [2.24, 2.45) is 0 Å². The molecule has 0 bridgehead atoms.